The summed E-state index contributed by atoms with van der Waals surface area (Å²) in [5, 5.41) is 7.42. The normalized spacial score (nSPS) is 11.2. The van der Waals surface area contributed by atoms with Crippen LogP contribution in [0.5, 0.6) is 0 Å². The number of nitrogens with zero attached hydrogens (tertiary/aromatic N) is 3. The van der Waals surface area contributed by atoms with Crippen LogP contribution >= 0.6 is 27.5 Å². The zero-order valence-electron chi connectivity index (χ0n) is 17.2. The van der Waals surface area contributed by atoms with Crippen LogP contribution < -0.4 is 10.0 Å². The lowest BCUT2D eigenvalue weighted by molar-refractivity contribution is 0.101. The molecule has 0 aliphatic carbocycles. The van der Waals surface area contributed by atoms with Gasteiger partial charge in [0.05, 0.1) is 9.92 Å². The lowest BCUT2D eigenvalue weighted by atomic mass is 10.2. The van der Waals surface area contributed by atoms with Crippen LogP contribution in [-0.2, 0) is 10.0 Å². The third kappa shape index (κ3) is 5.08. The van der Waals surface area contributed by atoms with E-state index in [0.717, 1.165) is 0 Å². The number of carbonyl (C=O) groups excluding carboxylic acids is 1. The summed E-state index contributed by atoms with van der Waals surface area (Å²) in [5.41, 5.74) is 1.77. The number of sulfonamides is 1. The third-order valence-electron chi connectivity index (χ3n) is 4.63. The smallest absolute Gasteiger partial charge is 0.274 e. The predicted molar refractivity (Wildman–Crippen MR) is 130 cm³/mol. The molecule has 2 N–H and O–H groups in total. The molecule has 11 heteroatoms. The molecular weight excluding hydrogens is 530 g/mol. The van der Waals surface area contributed by atoms with E-state index in [1.54, 1.807) is 67.7 Å². The standard InChI is InChI=1S/C22H17BrClN5O3S/c1-14-12-15(28-33(31,32)16-6-3-2-4-7-16)9-10-18(14)26-22(30)19-13-20(23)27-29(19)21-17(24)8-5-11-25-21/h2-13,28H,1H3,(H,26,30). The lowest BCUT2D eigenvalue weighted by Crippen LogP contribution is -2.18. The Bertz CT molecular complexity index is 1440. The number of carbonyl (C=O) groups is 1. The molecule has 2 heterocycles. The van der Waals surface area contributed by atoms with Crippen molar-refractivity contribution in [3.8, 4) is 5.82 Å². The highest BCUT2D eigenvalue weighted by Gasteiger charge is 2.20. The Hall–Kier alpha value is -3.21. The lowest BCUT2D eigenvalue weighted by Gasteiger charge is -2.13. The second kappa shape index (κ2) is 9.34. The summed E-state index contributed by atoms with van der Waals surface area (Å²) < 4.78 is 29.4. The zero-order chi connectivity index (χ0) is 23.6. The summed E-state index contributed by atoms with van der Waals surface area (Å²) in [4.78, 5) is 17.4. The Labute approximate surface area is 203 Å². The van der Waals surface area contributed by atoms with Gasteiger partial charge in [-0.05, 0) is 70.9 Å². The van der Waals surface area contributed by atoms with E-state index in [2.05, 4.69) is 36.1 Å². The molecule has 0 atom stereocenters. The summed E-state index contributed by atoms with van der Waals surface area (Å²) in [6, 6.07) is 17.8. The van der Waals surface area contributed by atoms with E-state index in [0.29, 0.717) is 32.4 Å². The van der Waals surface area contributed by atoms with E-state index in [-0.39, 0.29) is 10.6 Å². The van der Waals surface area contributed by atoms with Gasteiger partial charge in [0.25, 0.3) is 15.9 Å². The van der Waals surface area contributed by atoms with Crippen molar-refractivity contribution < 1.29 is 13.2 Å². The number of nitrogens with one attached hydrogen (secondary N) is 2. The fraction of sp³-hybridized carbons (Fsp3) is 0.0455. The average molecular weight is 547 g/mol. The SMILES string of the molecule is Cc1cc(NS(=O)(=O)c2ccccc2)ccc1NC(=O)c1cc(Br)nn1-c1ncccc1Cl. The first-order chi connectivity index (χ1) is 15.7. The molecule has 0 bridgehead atoms. The van der Waals surface area contributed by atoms with Crippen molar-refractivity contribution in [3.63, 3.8) is 0 Å². The van der Waals surface area contributed by atoms with Crippen LogP contribution in [0.1, 0.15) is 16.1 Å². The van der Waals surface area contributed by atoms with Crippen molar-refractivity contribution in [2.45, 2.75) is 11.8 Å². The van der Waals surface area contributed by atoms with Crippen molar-refractivity contribution >= 4 is 54.8 Å². The summed E-state index contributed by atoms with van der Waals surface area (Å²) >= 11 is 9.50. The van der Waals surface area contributed by atoms with E-state index in [9.17, 15) is 13.2 Å². The molecule has 0 unspecified atom stereocenters. The number of halogens is 2. The van der Waals surface area contributed by atoms with Gasteiger partial charge in [-0.15, -0.1) is 0 Å². The predicted octanol–water partition coefficient (Wildman–Crippen LogP) is 5.04. The molecule has 0 saturated heterocycles. The van der Waals surface area contributed by atoms with Crippen LogP contribution in [0.2, 0.25) is 5.02 Å². The van der Waals surface area contributed by atoms with Gasteiger partial charge in [-0.25, -0.2) is 18.1 Å². The van der Waals surface area contributed by atoms with Crippen LogP contribution in [0.3, 0.4) is 0 Å². The van der Waals surface area contributed by atoms with E-state index < -0.39 is 15.9 Å². The minimum Gasteiger partial charge on any atom is -0.320 e. The van der Waals surface area contributed by atoms with Crippen molar-refractivity contribution in [2.24, 2.45) is 0 Å². The van der Waals surface area contributed by atoms with E-state index >= 15 is 0 Å². The van der Waals surface area contributed by atoms with Crippen LogP contribution in [0.4, 0.5) is 11.4 Å². The third-order valence-corrected chi connectivity index (χ3v) is 6.71. The minimum atomic E-state index is -3.72. The molecule has 168 valence electrons. The van der Waals surface area contributed by atoms with Gasteiger partial charge in [0.1, 0.15) is 10.3 Å². The molecule has 8 nitrogen and oxygen atoms in total. The molecule has 0 aliphatic rings. The van der Waals surface area contributed by atoms with Crippen molar-refractivity contribution in [2.75, 3.05) is 10.0 Å². The molecule has 1 amide bonds. The highest BCUT2D eigenvalue weighted by Crippen LogP contribution is 2.25. The Morgan fingerprint density at radius 2 is 1.82 bits per heavy atom. The molecule has 0 fully saturated rings. The van der Waals surface area contributed by atoms with Gasteiger partial charge in [0.2, 0.25) is 0 Å². The molecule has 0 saturated carbocycles. The maximum atomic E-state index is 13.0. The zero-order valence-corrected chi connectivity index (χ0v) is 20.3. The molecule has 0 spiro atoms. The minimum absolute atomic E-state index is 0.159. The van der Waals surface area contributed by atoms with Gasteiger partial charge in [-0.3, -0.25) is 9.52 Å². The highest BCUT2D eigenvalue weighted by molar-refractivity contribution is 9.10. The maximum Gasteiger partial charge on any atom is 0.274 e. The largest absolute Gasteiger partial charge is 0.320 e. The summed E-state index contributed by atoms with van der Waals surface area (Å²) in [6.45, 7) is 1.76. The maximum absolute atomic E-state index is 13.0. The molecule has 4 aromatic rings. The summed E-state index contributed by atoms with van der Waals surface area (Å²) in [5.74, 6) is -0.118. The van der Waals surface area contributed by atoms with E-state index in [4.69, 9.17) is 11.6 Å². The van der Waals surface area contributed by atoms with Crippen LogP contribution in [0, 0.1) is 6.92 Å². The number of benzene rings is 2. The number of pyridine rings is 1. The number of hydrogen-bond acceptors (Lipinski definition) is 5. The van der Waals surface area contributed by atoms with Crippen LogP contribution in [0.15, 0.2) is 82.4 Å². The van der Waals surface area contributed by atoms with Gasteiger partial charge >= 0.3 is 0 Å². The van der Waals surface area contributed by atoms with Crippen LogP contribution in [0.25, 0.3) is 5.82 Å². The van der Waals surface area contributed by atoms with Crippen molar-refractivity contribution in [1.82, 2.24) is 14.8 Å². The van der Waals surface area contributed by atoms with Crippen molar-refractivity contribution in [3.05, 3.63) is 93.8 Å². The van der Waals surface area contributed by atoms with Gasteiger partial charge in [0.15, 0.2) is 5.82 Å². The Kier molecular flexibility index (Phi) is 6.50. The van der Waals surface area contributed by atoms with Gasteiger partial charge in [0, 0.05) is 23.6 Å². The second-order valence-corrected chi connectivity index (χ2v) is 9.88. The number of hydrogen-bond donors (Lipinski definition) is 2. The number of rotatable bonds is 6. The fourth-order valence-corrected chi connectivity index (χ4v) is 4.72. The van der Waals surface area contributed by atoms with Gasteiger partial charge in [-0.1, -0.05) is 29.8 Å². The first-order valence-electron chi connectivity index (χ1n) is 9.61. The Balaban J connectivity index is 1.56. The Morgan fingerprint density at radius 3 is 2.52 bits per heavy atom. The molecule has 0 aliphatic heterocycles. The topological polar surface area (TPSA) is 106 Å². The Morgan fingerprint density at radius 1 is 1.06 bits per heavy atom. The molecule has 2 aromatic heterocycles. The van der Waals surface area contributed by atoms with Gasteiger partial charge in [-0.2, -0.15) is 5.10 Å². The second-order valence-electron chi connectivity index (χ2n) is 6.98. The monoisotopic (exact) mass is 545 g/mol. The molecule has 33 heavy (non-hydrogen) atoms. The molecule has 4 rings (SSSR count). The molecular formula is C22H17BrClN5O3S. The van der Waals surface area contributed by atoms with E-state index in [1.807, 2.05) is 0 Å². The van der Waals surface area contributed by atoms with Crippen molar-refractivity contribution in [1.29, 1.82) is 0 Å². The average Bonchev–Trinajstić information content (AvgIpc) is 3.18. The summed E-state index contributed by atoms with van der Waals surface area (Å²) in [6.07, 6.45) is 1.55. The first kappa shape index (κ1) is 23.0. The summed E-state index contributed by atoms with van der Waals surface area (Å²) in [7, 11) is -3.72. The quantitative estimate of drug-likeness (QED) is 0.352. The van der Waals surface area contributed by atoms with Gasteiger partial charge < -0.3 is 5.32 Å². The number of aromatic nitrogens is 3. The van der Waals surface area contributed by atoms with Crippen LogP contribution in [-0.4, -0.2) is 29.1 Å². The number of aryl methyl sites for hydroxylation is 1. The number of anilines is 2. The number of amides is 1. The molecule has 0 radical (unpaired) electrons. The molecule has 2 aromatic carbocycles. The highest BCUT2D eigenvalue weighted by atomic mass is 79.9. The van der Waals surface area contributed by atoms with E-state index in [1.165, 1.54) is 16.8 Å². The first-order valence-corrected chi connectivity index (χ1v) is 12.3. The fourth-order valence-electron chi connectivity index (χ4n) is 3.08.